The van der Waals surface area contributed by atoms with Crippen LogP contribution in [0.2, 0.25) is 0 Å². The van der Waals surface area contributed by atoms with E-state index in [1.54, 1.807) is 24.3 Å². The van der Waals surface area contributed by atoms with Crippen molar-refractivity contribution in [1.29, 1.82) is 0 Å². The number of fused-ring (bicyclic) bond motifs is 2. The highest BCUT2D eigenvalue weighted by atomic mass is 19.1. The van der Waals surface area contributed by atoms with Crippen LogP contribution in [0.15, 0.2) is 75.9 Å². The van der Waals surface area contributed by atoms with E-state index in [2.05, 4.69) is 0 Å². The number of ether oxygens (including phenoxy) is 1. The summed E-state index contributed by atoms with van der Waals surface area (Å²) in [6.07, 6.45) is 0. The lowest BCUT2D eigenvalue weighted by atomic mass is 9.97. The van der Waals surface area contributed by atoms with Gasteiger partial charge in [-0.15, -0.1) is 0 Å². The lowest BCUT2D eigenvalue weighted by molar-refractivity contribution is 0.0599. The molecule has 4 aromatic rings. The van der Waals surface area contributed by atoms with Crippen LogP contribution in [0.5, 0.6) is 0 Å². The molecule has 34 heavy (non-hydrogen) atoms. The number of benzene rings is 3. The summed E-state index contributed by atoms with van der Waals surface area (Å²) in [5.74, 6) is -2.21. The minimum absolute atomic E-state index is 0.0198. The van der Waals surface area contributed by atoms with Gasteiger partial charge in [-0.3, -0.25) is 9.59 Å². The molecule has 8 heteroatoms. The number of hydrogen-bond donors (Lipinski definition) is 0. The molecular formula is C26H17F2NO5. The average molecular weight is 461 g/mol. The van der Waals surface area contributed by atoms with E-state index in [1.165, 1.54) is 42.3 Å². The van der Waals surface area contributed by atoms with Gasteiger partial charge in [0.1, 0.15) is 17.2 Å². The summed E-state index contributed by atoms with van der Waals surface area (Å²) in [7, 11) is 1.27. The topological polar surface area (TPSA) is 76.8 Å². The number of rotatable bonds is 4. The van der Waals surface area contributed by atoms with Gasteiger partial charge in [-0.25, -0.2) is 13.6 Å². The minimum atomic E-state index is -0.858. The minimum Gasteiger partial charge on any atom is -0.465 e. The van der Waals surface area contributed by atoms with Crippen molar-refractivity contribution < 1.29 is 27.5 Å². The fraction of sp³-hybridized carbons (Fsp3) is 0.115. The molecule has 0 aliphatic carbocycles. The Kier molecular flexibility index (Phi) is 5.20. The second-order valence-electron chi connectivity index (χ2n) is 7.89. The lowest BCUT2D eigenvalue weighted by Gasteiger charge is -2.25. The van der Waals surface area contributed by atoms with Gasteiger partial charge in [0.05, 0.1) is 29.7 Å². The molecule has 5 rings (SSSR count). The first kappa shape index (κ1) is 21.5. The van der Waals surface area contributed by atoms with Crippen LogP contribution in [0.25, 0.3) is 11.0 Å². The molecule has 1 amide bonds. The maximum Gasteiger partial charge on any atom is 0.337 e. The number of esters is 1. The first-order valence-electron chi connectivity index (χ1n) is 10.4. The van der Waals surface area contributed by atoms with Gasteiger partial charge in [0, 0.05) is 6.54 Å². The van der Waals surface area contributed by atoms with Crippen LogP contribution in [0.3, 0.4) is 0 Å². The van der Waals surface area contributed by atoms with Crippen molar-refractivity contribution in [2.75, 3.05) is 7.11 Å². The first-order chi connectivity index (χ1) is 16.4. The Bertz CT molecular complexity index is 1490. The van der Waals surface area contributed by atoms with Gasteiger partial charge in [0.15, 0.2) is 5.43 Å². The van der Waals surface area contributed by atoms with Crippen molar-refractivity contribution in [3.63, 3.8) is 0 Å². The van der Waals surface area contributed by atoms with E-state index in [9.17, 15) is 23.2 Å². The standard InChI is InChI=1S/C26H17F2NO5/c1-33-26(32)16-6-4-15(5-7-16)22-21-23(30)19-12-18(28)10-11-20(19)34-24(21)25(31)29(22)13-14-2-8-17(27)9-3-14/h2-12,22H,13H2,1H3/t22-/m0/s1. The number of halogens is 2. The third kappa shape index (κ3) is 3.53. The van der Waals surface area contributed by atoms with Crippen LogP contribution in [-0.4, -0.2) is 23.9 Å². The largest absolute Gasteiger partial charge is 0.465 e. The van der Waals surface area contributed by atoms with Crippen LogP contribution >= 0.6 is 0 Å². The molecule has 0 radical (unpaired) electrons. The van der Waals surface area contributed by atoms with Gasteiger partial charge in [-0.1, -0.05) is 24.3 Å². The molecule has 0 saturated heterocycles. The molecule has 3 aromatic carbocycles. The molecule has 1 aliphatic rings. The molecule has 1 aliphatic heterocycles. The Morgan fingerprint density at radius 2 is 1.65 bits per heavy atom. The van der Waals surface area contributed by atoms with Crippen LogP contribution in [0.1, 0.15) is 43.6 Å². The summed E-state index contributed by atoms with van der Waals surface area (Å²) in [5.41, 5.74) is 1.14. The zero-order valence-electron chi connectivity index (χ0n) is 17.9. The predicted octanol–water partition coefficient (Wildman–Crippen LogP) is 4.60. The van der Waals surface area contributed by atoms with Gasteiger partial charge in [0.2, 0.25) is 5.76 Å². The first-order valence-corrected chi connectivity index (χ1v) is 10.4. The zero-order chi connectivity index (χ0) is 24.0. The van der Waals surface area contributed by atoms with Gasteiger partial charge in [-0.05, 0) is 53.6 Å². The van der Waals surface area contributed by atoms with Crippen molar-refractivity contribution in [2.45, 2.75) is 12.6 Å². The Hall–Kier alpha value is -4.33. The van der Waals surface area contributed by atoms with Gasteiger partial charge >= 0.3 is 5.97 Å². The highest BCUT2D eigenvalue weighted by Gasteiger charge is 2.42. The normalized spacial score (nSPS) is 15.0. The molecular weight excluding hydrogens is 444 g/mol. The van der Waals surface area contributed by atoms with Crippen LogP contribution in [0, 0.1) is 11.6 Å². The summed E-state index contributed by atoms with van der Waals surface area (Å²) in [6, 6.07) is 14.6. The zero-order valence-corrected chi connectivity index (χ0v) is 17.9. The molecule has 170 valence electrons. The van der Waals surface area contributed by atoms with E-state index in [4.69, 9.17) is 9.15 Å². The average Bonchev–Trinajstić information content (AvgIpc) is 3.12. The summed E-state index contributed by atoms with van der Waals surface area (Å²) in [4.78, 5) is 40.1. The van der Waals surface area contributed by atoms with Crippen molar-refractivity contribution in [3.05, 3.63) is 117 Å². The SMILES string of the molecule is COC(=O)c1ccc([C@H]2c3c(oc4ccc(F)cc4c3=O)C(=O)N2Cc2ccc(F)cc2)cc1. The third-order valence-electron chi connectivity index (χ3n) is 5.84. The highest BCUT2D eigenvalue weighted by Crippen LogP contribution is 2.39. The van der Waals surface area contributed by atoms with E-state index in [0.29, 0.717) is 16.7 Å². The Labute approximate surface area is 192 Å². The Balaban J connectivity index is 1.68. The Morgan fingerprint density at radius 3 is 2.32 bits per heavy atom. The number of carbonyl (C=O) groups is 2. The van der Waals surface area contributed by atoms with Gasteiger partial charge in [-0.2, -0.15) is 0 Å². The van der Waals surface area contributed by atoms with E-state index in [1.807, 2.05) is 0 Å². The number of nitrogens with zero attached hydrogens (tertiary/aromatic N) is 1. The smallest absolute Gasteiger partial charge is 0.337 e. The summed E-state index contributed by atoms with van der Waals surface area (Å²) < 4.78 is 37.8. The van der Waals surface area contributed by atoms with Crippen LogP contribution in [-0.2, 0) is 11.3 Å². The molecule has 0 bridgehead atoms. The van der Waals surface area contributed by atoms with Crippen molar-refractivity contribution in [3.8, 4) is 0 Å². The van der Waals surface area contributed by atoms with E-state index >= 15 is 0 Å². The fourth-order valence-corrected chi connectivity index (χ4v) is 4.21. The number of hydrogen-bond acceptors (Lipinski definition) is 5. The van der Waals surface area contributed by atoms with Crippen LogP contribution < -0.4 is 5.43 Å². The summed E-state index contributed by atoms with van der Waals surface area (Å²) in [6.45, 7) is 0.0663. The number of amides is 1. The summed E-state index contributed by atoms with van der Waals surface area (Å²) in [5, 5.41) is 0.0198. The number of methoxy groups -OCH3 is 1. The highest BCUT2D eigenvalue weighted by molar-refractivity contribution is 5.99. The van der Waals surface area contributed by atoms with E-state index in [-0.39, 0.29) is 28.8 Å². The molecule has 2 heterocycles. The lowest BCUT2D eigenvalue weighted by Crippen LogP contribution is -2.29. The van der Waals surface area contributed by atoms with Crippen LogP contribution in [0.4, 0.5) is 8.78 Å². The fourth-order valence-electron chi connectivity index (χ4n) is 4.21. The monoisotopic (exact) mass is 461 g/mol. The molecule has 0 saturated carbocycles. The van der Waals surface area contributed by atoms with E-state index < -0.39 is 35.0 Å². The van der Waals surface area contributed by atoms with E-state index in [0.717, 1.165) is 12.1 Å². The van der Waals surface area contributed by atoms with Gasteiger partial charge < -0.3 is 14.1 Å². The quantitative estimate of drug-likeness (QED) is 0.415. The molecule has 0 N–H and O–H groups in total. The second-order valence-corrected chi connectivity index (χ2v) is 7.89. The molecule has 1 atom stereocenters. The molecule has 1 aromatic heterocycles. The molecule has 6 nitrogen and oxygen atoms in total. The second kappa shape index (κ2) is 8.22. The maximum atomic E-state index is 13.9. The summed E-state index contributed by atoms with van der Waals surface area (Å²) >= 11 is 0. The van der Waals surface area contributed by atoms with Gasteiger partial charge in [0.25, 0.3) is 5.91 Å². The van der Waals surface area contributed by atoms with Crippen molar-refractivity contribution in [2.24, 2.45) is 0 Å². The molecule has 0 fully saturated rings. The molecule has 0 spiro atoms. The number of carbonyl (C=O) groups excluding carboxylic acids is 2. The van der Waals surface area contributed by atoms with Crippen molar-refractivity contribution in [1.82, 2.24) is 4.90 Å². The third-order valence-corrected chi connectivity index (χ3v) is 5.84. The Morgan fingerprint density at radius 1 is 0.971 bits per heavy atom. The van der Waals surface area contributed by atoms with Crippen molar-refractivity contribution >= 4 is 22.8 Å². The molecule has 0 unspecified atom stereocenters. The predicted molar refractivity (Wildman–Crippen MR) is 118 cm³/mol. The maximum absolute atomic E-state index is 13.9.